The molecule has 2 aromatic rings. The van der Waals surface area contributed by atoms with Gasteiger partial charge in [-0.05, 0) is 67.2 Å². The lowest BCUT2D eigenvalue weighted by molar-refractivity contribution is 0.225. The zero-order chi connectivity index (χ0) is 14.7. The maximum Gasteiger partial charge on any atom is 0.0465 e. The Balaban J connectivity index is 1.69. The van der Waals surface area contributed by atoms with Gasteiger partial charge < -0.3 is 5.11 Å². The summed E-state index contributed by atoms with van der Waals surface area (Å²) in [5, 5.41) is 9.71. The fraction of sp³-hybridized carbons (Fsp3) is 0.400. The van der Waals surface area contributed by atoms with Crippen molar-refractivity contribution < 1.29 is 5.11 Å². The standard InChI is InChI=1S/C20H24O/c1-15-4-2-5-16(10-15)11-18(14-21)12-17-8-9-19-6-3-7-20(19)13-17/h2,4-5,8-10,13,18,21H,3,6-7,11-12,14H2,1H3. The number of aliphatic hydroxyl groups is 1. The molecule has 110 valence electrons. The second-order valence-corrected chi connectivity index (χ2v) is 6.40. The third-order valence-electron chi connectivity index (χ3n) is 4.55. The first kappa shape index (κ1) is 14.3. The van der Waals surface area contributed by atoms with Crippen LogP contribution in [0.4, 0.5) is 0 Å². The summed E-state index contributed by atoms with van der Waals surface area (Å²) in [6, 6.07) is 15.5. The van der Waals surface area contributed by atoms with Crippen molar-refractivity contribution in [3.63, 3.8) is 0 Å². The molecule has 0 aliphatic heterocycles. The monoisotopic (exact) mass is 280 g/mol. The molecule has 0 saturated carbocycles. The largest absolute Gasteiger partial charge is 0.396 e. The molecule has 0 aromatic heterocycles. The molecule has 1 heteroatoms. The van der Waals surface area contributed by atoms with Crippen LogP contribution in [0.5, 0.6) is 0 Å². The predicted octanol–water partition coefficient (Wildman–Crippen LogP) is 3.88. The number of fused-ring (bicyclic) bond motifs is 1. The average Bonchev–Trinajstić information content (AvgIpc) is 2.94. The molecule has 21 heavy (non-hydrogen) atoms. The van der Waals surface area contributed by atoms with Crippen LogP contribution in [0.2, 0.25) is 0 Å². The Morgan fingerprint density at radius 2 is 1.71 bits per heavy atom. The molecule has 2 aromatic carbocycles. The van der Waals surface area contributed by atoms with Crippen molar-refractivity contribution in [2.45, 2.75) is 39.0 Å². The van der Waals surface area contributed by atoms with Gasteiger partial charge in [-0.25, -0.2) is 0 Å². The summed E-state index contributed by atoms with van der Waals surface area (Å²) in [7, 11) is 0. The van der Waals surface area contributed by atoms with Gasteiger partial charge in [0, 0.05) is 6.61 Å². The summed E-state index contributed by atoms with van der Waals surface area (Å²) in [6.45, 7) is 2.38. The summed E-state index contributed by atoms with van der Waals surface area (Å²) in [6.07, 6.45) is 5.69. The van der Waals surface area contributed by atoms with Gasteiger partial charge in [0.2, 0.25) is 0 Å². The zero-order valence-electron chi connectivity index (χ0n) is 12.8. The quantitative estimate of drug-likeness (QED) is 0.881. The van der Waals surface area contributed by atoms with Crippen LogP contribution in [0.3, 0.4) is 0 Å². The van der Waals surface area contributed by atoms with E-state index in [0.29, 0.717) is 5.92 Å². The van der Waals surface area contributed by atoms with Crippen LogP contribution in [-0.2, 0) is 25.7 Å². The number of hydrogen-bond acceptors (Lipinski definition) is 1. The van der Waals surface area contributed by atoms with Crippen molar-refractivity contribution in [2.24, 2.45) is 5.92 Å². The minimum absolute atomic E-state index is 0.255. The molecule has 1 nitrogen and oxygen atoms in total. The summed E-state index contributed by atoms with van der Waals surface area (Å²) in [5.41, 5.74) is 7.05. The molecule has 0 bridgehead atoms. The molecule has 0 spiro atoms. The molecule has 1 N–H and O–H groups in total. The van der Waals surface area contributed by atoms with E-state index in [1.54, 1.807) is 0 Å². The third kappa shape index (κ3) is 3.54. The molecule has 0 radical (unpaired) electrons. The van der Waals surface area contributed by atoms with Gasteiger partial charge in [-0.2, -0.15) is 0 Å². The number of aryl methyl sites for hydroxylation is 3. The third-order valence-corrected chi connectivity index (χ3v) is 4.55. The highest BCUT2D eigenvalue weighted by Gasteiger charge is 2.14. The van der Waals surface area contributed by atoms with Crippen molar-refractivity contribution in [1.29, 1.82) is 0 Å². The molecule has 0 amide bonds. The SMILES string of the molecule is Cc1cccc(CC(CO)Cc2ccc3c(c2)CCC3)c1. The van der Waals surface area contributed by atoms with Crippen molar-refractivity contribution in [2.75, 3.05) is 6.61 Å². The highest BCUT2D eigenvalue weighted by molar-refractivity contribution is 5.35. The first-order chi connectivity index (χ1) is 10.2. The Morgan fingerprint density at radius 1 is 0.952 bits per heavy atom. The van der Waals surface area contributed by atoms with Crippen LogP contribution < -0.4 is 0 Å². The molecular weight excluding hydrogens is 256 g/mol. The fourth-order valence-corrected chi connectivity index (χ4v) is 3.46. The molecule has 1 aliphatic carbocycles. The van der Waals surface area contributed by atoms with Crippen molar-refractivity contribution in [3.05, 3.63) is 70.3 Å². The van der Waals surface area contributed by atoms with Gasteiger partial charge in [0.1, 0.15) is 0 Å². The van der Waals surface area contributed by atoms with Crippen molar-refractivity contribution in [1.82, 2.24) is 0 Å². The number of hydrogen-bond donors (Lipinski definition) is 1. The van der Waals surface area contributed by atoms with Gasteiger partial charge in [0.05, 0.1) is 0 Å². The minimum atomic E-state index is 0.255. The van der Waals surface area contributed by atoms with Gasteiger partial charge in [-0.1, -0.05) is 48.0 Å². The lowest BCUT2D eigenvalue weighted by atomic mass is 9.91. The molecule has 0 saturated heterocycles. The topological polar surface area (TPSA) is 20.2 Å². The van der Waals surface area contributed by atoms with Gasteiger partial charge in [0.25, 0.3) is 0 Å². The van der Waals surface area contributed by atoms with Crippen LogP contribution >= 0.6 is 0 Å². The van der Waals surface area contributed by atoms with Gasteiger partial charge in [-0.15, -0.1) is 0 Å². The van der Waals surface area contributed by atoms with Crippen LogP contribution in [-0.4, -0.2) is 11.7 Å². The van der Waals surface area contributed by atoms with E-state index in [1.165, 1.54) is 47.1 Å². The van der Waals surface area contributed by atoms with Gasteiger partial charge in [-0.3, -0.25) is 0 Å². The van der Waals surface area contributed by atoms with Crippen LogP contribution in [0.1, 0.15) is 34.2 Å². The lowest BCUT2D eigenvalue weighted by Gasteiger charge is -2.15. The van der Waals surface area contributed by atoms with Gasteiger partial charge in [0.15, 0.2) is 0 Å². The van der Waals surface area contributed by atoms with E-state index in [9.17, 15) is 5.11 Å². The maximum absolute atomic E-state index is 9.71. The molecule has 1 atom stereocenters. The van der Waals surface area contributed by atoms with E-state index in [-0.39, 0.29) is 6.61 Å². The normalized spacial score (nSPS) is 15.0. The molecule has 3 rings (SSSR count). The predicted molar refractivity (Wildman–Crippen MR) is 87.6 cm³/mol. The van der Waals surface area contributed by atoms with E-state index in [4.69, 9.17) is 0 Å². The Morgan fingerprint density at radius 3 is 2.48 bits per heavy atom. The second kappa shape index (κ2) is 6.44. The van der Waals surface area contributed by atoms with Crippen molar-refractivity contribution >= 4 is 0 Å². The molecule has 0 fully saturated rings. The zero-order valence-corrected chi connectivity index (χ0v) is 12.8. The smallest absolute Gasteiger partial charge is 0.0465 e. The summed E-state index contributed by atoms with van der Waals surface area (Å²) in [4.78, 5) is 0. The second-order valence-electron chi connectivity index (χ2n) is 6.40. The van der Waals surface area contributed by atoms with E-state index in [1.807, 2.05) is 0 Å². The Bertz CT molecular complexity index is 615. The first-order valence-corrected chi connectivity index (χ1v) is 8.01. The highest BCUT2D eigenvalue weighted by atomic mass is 16.3. The average molecular weight is 280 g/mol. The van der Waals surface area contributed by atoms with Crippen molar-refractivity contribution in [3.8, 4) is 0 Å². The van der Waals surface area contributed by atoms with E-state index in [2.05, 4.69) is 49.4 Å². The molecule has 1 aliphatic rings. The Hall–Kier alpha value is -1.60. The summed E-state index contributed by atoms with van der Waals surface area (Å²) in [5.74, 6) is 0.311. The van der Waals surface area contributed by atoms with Crippen LogP contribution in [0.25, 0.3) is 0 Å². The Labute approximate surface area is 127 Å². The maximum atomic E-state index is 9.71. The number of rotatable bonds is 5. The van der Waals surface area contributed by atoms with Crippen LogP contribution in [0.15, 0.2) is 42.5 Å². The number of benzene rings is 2. The van der Waals surface area contributed by atoms with Gasteiger partial charge >= 0.3 is 0 Å². The lowest BCUT2D eigenvalue weighted by Crippen LogP contribution is -2.13. The first-order valence-electron chi connectivity index (χ1n) is 8.01. The molecular formula is C20H24O. The molecule has 1 unspecified atom stereocenters. The Kier molecular flexibility index (Phi) is 4.40. The van der Waals surface area contributed by atoms with E-state index in [0.717, 1.165) is 12.8 Å². The summed E-state index contributed by atoms with van der Waals surface area (Å²) >= 11 is 0. The number of aliphatic hydroxyl groups excluding tert-OH is 1. The minimum Gasteiger partial charge on any atom is -0.396 e. The van der Waals surface area contributed by atoms with E-state index < -0.39 is 0 Å². The van der Waals surface area contributed by atoms with E-state index >= 15 is 0 Å². The summed E-state index contributed by atoms with van der Waals surface area (Å²) < 4.78 is 0. The van der Waals surface area contributed by atoms with Crippen LogP contribution in [0, 0.1) is 12.8 Å². The fourth-order valence-electron chi connectivity index (χ4n) is 3.46. The molecule has 0 heterocycles. The highest BCUT2D eigenvalue weighted by Crippen LogP contribution is 2.24.